The lowest BCUT2D eigenvalue weighted by atomic mass is 9.42. The number of fused-ring (bicyclic) bond motifs is 7. The minimum atomic E-state index is -0.111. The molecule has 3 heteroatoms. The van der Waals surface area contributed by atoms with Gasteiger partial charge in [0.1, 0.15) is 6.10 Å². The van der Waals surface area contributed by atoms with Crippen molar-refractivity contribution in [3.63, 3.8) is 0 Å². The first kappa shape index (κ1) is 16.0. The van der Waals surface area contributed by atoms with E-state index in [4.69, 9.17) is 9.15 Å². The van der Waals surface area contributed by atoms with E-state index in [2.05, 4.69) is 20.8 Å². The summed E-state index contributed by atoms with van der Waals surface area (Å²) in [7, 11) is 0. The molecule has 136 valence electrons. The molecule has 0 spiro atoms. The fourth-order valence-corrected chi connectivity index (χ4v) is 7.86. The van der Waals surface area contributed by atoms with E-state index in [9.17, 15) is 4.79 Å². The molecule has 3 fully saturated rings. The SMILES string of the molecule is CC(=O)O[C@@H]1C[C@]2(C)C3CCc4cocc4[C@]3(C)CCC2[C@]2(C)C[C@H]12. The highest BCUT2D eigenvalue weighted by atomic mass is 16.5. The first-order chi connectivity index (χ1) is 11.8. The lowest BCUT2D eigenvalue weighted by Crippen LogP contribution is -2.58. The van der Waals surface area contributed by atoms with Gasteiger partial charge in [0.05, 0.1) is 12.5 Å². The van der Waals surface area contributed by atoms with E-state index < -0.39 is 0 Å². The van der Waals surface area contributed by atoms with E-state index in [-0.39, 0.29) is 22.9 Å². The molecule has 1 heterocycles. The van der Waals surface area contributed by atoms with E-state index >= 15 is 0 Å². The van der Waals surface area contributed by atoms with Gasteiger partial charge in [-0.2, -0.15) is 0 Å². The molecule has 0 N–H and O–H groups in total. The predicted molar refractivity (Wildman–Crippen MR) is 95.1 cm³/mol. The third-order valence-corrected chi connectivity index (χ3v) is 8.92. The molecule has 3 saturated carbocycles. The summed E-state index contributed by atoms with van der Waals surface area (Å²) in [6, 6.07) is 0. The number of furan rings is 1. The van der Waals surface area contributed by atoms with Gasteiger partial charge in [0, 0.05) is 12.8 Å². The van der Waals surface area contributed by atoms with Crippen molar-refractivity contribution in [1.82, 2.24) is 0 Å². The van der Waals surface area contributed by atoms with Crippen LogP contribution in [-0.2, 0) is 21.4 Å². The average Bonchev–Trinajstić information content (AvgIpc) is 3.00. The quantitative estimate of drug-likeness (QED) is 0.683. The van der Waals surface area contributed by atoms with Crippen LogP contribution in [-0.4, -0.2) is 12.1 Å². The topological polar surface area (TPSA) is 39.4 Å². The van der Waals surface area contributed by atoms with Crippen LogP contribution in [0.25, 0.3) is 0 Å². The maximum Gasteiger partial charge on any atom is 0.302 e. The van der Waals surface area contributed by atoms with Crippen molar-refractivity contribution >= 4 is 5.97 Å². The first-order valence-electron chi connectivity index (χ1n) is 10.0. The molecule has 0 amide bonds. The third kappa shape index (κ3) is 1.90. The van der Waals surface area contributed by atoms with E-state index in [1.807, 2.05) is 12.5 Å². The monoisotopic (exact) mass is 342 g/mol. The molecule has 0 aliphatic heterocycles. The van der Waals surface area contributed by atoms with Crippen LogP contribution in [0.2, 0.25) is 0 Å². The van der Waals surface area contributed by atoms with Gasteiger partial charge >= 0.3 is 5.97 Å². The zero-order valence-electron chi connectivity index (χ0n) is 15.9. The second-order valence-electron chi connectivity index (χ2n) is 10.1. The molecular formula is C22H30O3. The Morgan fingerprint density at radius 2 is 1.92 bits per heavy atom. The molecule has 25 heavy (non-hydrogen) atoms. The molecule has 5 rings (SSSR count). The van der Waals surface area contributed by atoms with Crippen LogP contribution in [0.3, 0.4) is 0 Å². The maximum atomic E-state index is 11.7. The maximum absolute atomic E-state index is 11.7. The average molecular weight is 342 g/mol. The van der Waals surface area contributed by atoms with Crippen LogP contribution in [0, 0.1) is 28.6 Å². The molecule has 0 bridgehead atoms. The molecule has 0 saturated heterocycles. The molecule has 4 aliphatic carbocycles. The lowest BCUT2D eigenvalue weighted by molar-refractivity contribution is -0.163. The van der Waals surface area contributed by atoms with Gasteiger partial charge in [-0.15, -0.1) is 0 Å². The van der Waals surface area contributed by atoms with Gasteiger partial charge in [0.25, 0.3) is 0 Å². The van der Waals surface area contributed by atoms with Crippen molar-refractivity contribution in [2.45, 2.75) is 77.7 Å². The molecule has 0 aromatic carbocycles. The smallest absolute Gasteiger partial charge is 0.302 e. The number of esters is 1. The number of hydrogen-bond acceptors (Lipinski definition) is 3. The van der Waals surface area contributed by atoms with Crippen molar-refractivity contribution in [3.8, 4) is 0 Å². The van der Waals surface area contributed by atoms with Gasteiger partial charge in [-0.25, -0.2) is 0 Å². The summed E-state index contributed by atoms with van der Waals surface area (Å²) in [6.07, 6.45) is 11.3. The Bertz CT molecular complexity index is 735. The standard InChI is InChI=1S/C22H30O3/c1-13(23)25-17-10-22(4)18-6-5-14-11-24-12-16(14)20(18,2)8-7-19(22)21(3)9-15(17)21/h11-12,15,17-19H,5-10H2,1-4H3/t15-,17-,18?,19?,20+,21-,22-/m1/s1. The number of hydrogen-bond donors (Lipinski definition) is 0. The summed E-state index contributed by atoms with van der Waals surface area (Å²) in [4.78, 5) is 11.7. The minimum absolute atomic E-state index is 0.111. The number of rotatable bonds is 1. The van der Waals surface area contributed by atoms with Crippen molar-refractivity contribution in [1.29, 1.82) is 0 Å². The number of aryl methyl sites for hydroxylation is 1. The molecule has 2 unspecified atom stereocenters. The Morgan fingerprint density at radius 1 is 1.12 bits per heavy atom. The second-order valence-corrected chi connectivity index (χ2v) is 10.1. The molecule has 1 aromatic heterocycles. The van der Waals surface area contributed by atoms with Gasteiger partial charge < -0.3 is 9.15 Å². The summed E-state index contributed by atoms with van der Waals surface area (Å²) in [5.74, 6) is 1.90. The molecule has 0 radical (unpaired) electrons. The second kappa shape index (κ2) is 4.72. The van der Waals surface area contributed by atoms with Crippen LogP contribution in [0.1, 0.15) is 70.9 Å². The summed E-state index contributed by atoms with van der Waals surface area (Å²) in [5.41, 5.74) is 3.72. The van der Waals surface area contributed by atoms with Crippen LogP contribution in [0.15, 0.2) is 16.9 Å². The van der Waals surface area contributed by atoms with Crippen molar-refractivity contribution in [3.05, 3.63) is 23.7 Å². The number of ether oxygens (including phenoxy) is 1. The minimum Gasteiger partial charge on any atom is -0.472 e. The Morgan fingerprint density at radius 3 is 2.68 bits per heavy atom. The Kier molecular flexibility index (Phi) is 3.01. The van der Waals surface area contributed by atoms with Gasteiger partial charge in [0.2, 0.25) is 0 Å². The molecule has 1 aromatic rings. The van der Waals surface area contributed by atoms with E-state index in [1.54, 1.807) is 6.92 Å². The highest BCUT2D eigenvalue weighted by Crippen LogP contribution is 2.75. The van der Waals surface area contributed by atoms with Crippen LogP contribution in [0.4, 0.5) is 0 Å². The highest BCUT2D eigenvalue weighted by Gasteiger charge is 2.71. The molecule has 7 atom stereocenters. The van der Waals surface area contributed by atoms with E-state index in [0.29, 0.717) is 17.3 Å². The van der Waals surface area contributed by atoms with Gasteiger partial charge in [-0.3, -0.25) is 4.79 Å². The van der Waals surface area contributed by atoms with Gasteiger partial charge in [0.15, 0.2) is 0 Å². The van der Waals surface area contributed by atoms with Gasteiger partial charge in [-0.05, 0) is 77.7 Å². The Balaban J connectivity index is 1.56. The van der Waals surface area contributed by atoms with Crippen LogP contribution < -0.4 is 0 Å². The highest BCUT2D eigenvalue weighted by molar-refractivity contribution is 5.66. The fourth-order valence-electron chi connectivity index (χ4n) is 7.86. The Hall–Kier alpha value is -1.25. The molecule has 4 aliphatic rings. The van der Waals surface area contributed by atoms with Crippen molar-refractivity contribution in [2.24, 2.45) is 28.6 Å². The molecule has 3 nitrogen and oxygen atoms in total. The summed E-state index contributed by atoms with van der Waals surface area (Å²) in [5, 5.41) is 0. The predicted octanol–water partition coefficient (Wildman–Crippen LogP) is 4.88. The normalized spacial score (nSPS) is 50.1. The van der Waals surface area contributed by atoms with Crippen molar-refractivity contribution < 1.29 is 13.9 Å². The van der Waals surface area contributed by atoms with Crippen molar-refractivity contribution in [2.75, 3.05) is 0 Å². The zero-order chi connectivity index (χ0) is 17.6. The zero-order valence-corrected chi connectivity index (χ0v) is 15.9. The summed E-state index contributed by atoms with van der Waals surface area (Å²) < 4.78 is 11.4. The number of carbonyl (C=O) groups is 1. The first-order valence-corrected chi connectivity index (χ1v) is 10.0. The fraction of sp³-hybridized carbons (Fsp3) is 0.773. The van der Waals surface area contributed by atoms with Crippen LogP contribution in [0.5, 0.6) is 0 Å². The molecular weight excluding hydrogens is 312 g/mol. The summed E-state index contributed by atoms with van der Waals surface area (Å²) >= 11 is 0. The largest absolute Gasteiger partial charge is 0.472 e. The third-order valence-electron chi connectivity index (χ3n) is 8.92. The lowest BCUT2D eigenvalue weighted by Gasteiger charge is -2.62. The van der Waals surface area contributed by atoms with Gasteiger partial charge in [-0.1, -0.05) is 20.8 Å². The van der Waals surface area contributed by atoms with Crippen LogP contribution >= 0.6 is 0 Å². The summed E-state index contributed by atoms with van der Waals surface area (Å²) in [6.45, 7) is 9.01. The Labute approximate surface area is 150 Å². The van der Waals surface area contributed by atoms with E-state index in [1.165, 1.54) is 36.8 Å². The number of carbonyl (C=O) groups excluding carboxylic acids is 1. The van der Waals surface area contributed by atoms with E-state index in [0.717, 1.165) is 18.8 Å².